The maximum absolute atomic E-state index is 11.5. The molecule has 4 nitrogen and oxygen atoms in total. The third-order valence-corrected chi connectivity index (χ3v) is 2.66. The first-order valence-corrected chi connectivity index (χ1v) is 6.12. The summed E-state index contributed by atoms with van der Waals surface area (Å²) in [6.07, 6.45) is 1.85. The molecule has 4 heteroatoms. The van der Waals surface area contributed by atoms with Gasteiger partial charge >= 0.3 is 6.09 Å². The summed E-state index contributed by atoms with van der Waals surface area (Å²) in [6.45, 7) is 10.4. The van der Waals surface area contributed by atoms with Crippen LogP contribution in [0.5, 0.6) is 0 Å². The summed E-state index contributed by atoms with van der Waals surface area (Å²) in [4.78, 5) is 13.3. The summed E-state index contributed by atoms with van der Waals surface area (Å²) in [7, 11) is 0. The molecule has 1 amide bonds. The summed E-state index contributed by atoms with van der Waals surface area (Å²) in [6, 6.07) is 0.519. The molecule has 1 aliphatic heterocycles. The van der Waals surface area contributed by atoms with Crippen molar-refractivity contribution in [1.82, 2.24) is 10.2 Å². The fraction of sp³-hybridized carbons (Fsp3) is 0.917. The van der Waals surface area contributed by atoms with E-state index in [1.165, 1.54) is 0 Å². The van der Waals surface area contributed by atoms with Crippen LogP contribution in [-0.4, -0.2) is 42.3 Å². The van der Waals surface area contributed by atoms with E-state index in [4.69, 9.17) is 4.74 Å². The van der Waals surface area contributed by atoms with Gasteiger partial charge in [0, 0.05) is 24.7 Å². The minimum absolute atomic E-state index is 0.150. The van der Waals surface area contributed by atoms with E-state index in [9.17, 15) is 4.79 Å². The minimum atomic E-state index is -0.170. The van der Waals surface area contributed by atoms with Gasteiger partial charge in [-0.15, -0.1) is 0 Å². The van der Waals surface area contributed by atoms with Crippen molar-refractivity contribution in [2.45, 2.75) is 52.1 Å². The quantitative estimate of drug-likeness (QED) is 0.786. The van der Waals surface area contributed by atoms with E-state index in [1.54, 1.807) is 4.90 Å². The summed E-state index contributed by atoms with van der Waals surface area (Å²) in [5.74, 6) is 0. The molecule has 0 atom stereocenters. The van der Waals surface area contributed by atoms with Crippen molar-refractivity contribution < 1.29 is 9.53 Å². The van der Waals surface area contributed by atoms with E-state index < -0.39 is 0 Å². The van der Waals surface area contributed by atoms with E-state index in [0.717, 1.165) is 25.9 Å². The summed E-state index contributed by atoms with van der Waals surface area (Å²) < 4.78 is 4.98. The third kappa shape index (κ3) is 4.39. The molecule has 1 heterocycles. The first-order valence-electron chi connectivity index (χ1n) is 6.12. The first kappa shape index (κ1) is 13.3. The van der Waals surface area contributed by atoms with E-state index in [2.05, 4.69) is 26.1 Å². The van der Waals surface area contributed by atoms with Crippen molar-refractivity contribution in [2.24, 2.45) is 0 Å². The standard InChI is InChI=1S/C12H24N2O2/c1-5-16-11(15)14-8-6-10(7-9-14)13-12(2,3)4/h10,13H,5-9H2,1-4H3. The second-order valence-electron chi connectivity index (χ2n) is 5.35. The molecule has 0 bridgehead atoms. The zero-order valence-corrected chi connectivity index (χ0v) is 10.9. The van der Waals surface area contributed by atoms with Gasteiger partial charge in [0.15, 0.2) is 0 Å². The molecule has 1 aliphatic rings. The number of nitrogens with zero attached hydrogens (tertiary/aromatic N) is 1. The molecule has 1 saturated heterocycles. The lowest BCUT2D eigenvalue weighted by Crippen LogP contribution is -2.50. The molecule has 94 valence electrons. The molecule has 0 saturated carbocycles. The van der Waals surface area contributed by atoms with Crippen molar-refractivity contribution in [3.8, 4) is 0 Å². The summed E-state index contributed by atoms with van der Waals surface area (Å²) in [5, 5.41) is 3.57. The number of piperidine rings is 1. The van der Waals surface area contributed by atoms with Crippen molar-refractivity contribution in [1.29, 1.82) is 0 Å². The maximum Gasteiger partial charge on any atom is 0.409 e. The van der Waals surface area contributed by atoms with Gasteiger partial charge in [0.2, 0.25) is 0 Å². The molecule has 1 fully saturated rings. The molecule has 1 N–H and O–H groups in total. The van der Waals surface area contributed by atoms with E-state index in [-0.39, 0.29) is 11.6 Å². The lowest BCUT2D eigenvalue weighted by molar-refractivity contribution is 0.0931. The average Bonchev–Trinajstić information content (AvgIpc) is 2.16. The van der Waals surface area contributed by atoms with E-state index in [0.29, 0.717) is 12.6 Å². The first-order chi connectivity index (χ1) is 7.42. The van der Waals surface area contributed by atoms with Gasteiger partial charge in [-0.1, -0.05) is 0 Å². The van der Waals surface area contributed by atoms with Crippen LogP contribution in [0, 0.1) is 0 Å². The van der Waals surface area contributed by atoms with Crippen LogP contribution in [0.1, 0.15) is 40.5 Å². The van der Waals surface area contributed by atoms with Crippen molar-refractivity contribution in [3.63, 3.8) is 0 Å². The third-order valence-electron chi connectivity index (χ3n) is 2.66. The number of likely N-dealkylation sites (tertiary alicyclic amines) is 1. The topological polar surface area (TPSA) is 41.6 Å². The van der Waals surface area contributed by atoms with Crippen LogP contribution in [0.2, 0.25) is 0 Å². The van der Waals surface area contributed by atoms with Gasteiger partial charge < -0.3 is 15.0 Å². The molecule has 0 aliphatic carbocycles. The van der Waals surface area contributed by atoms with E-state index in [1.807, 2.05) is 6.92 Å². The van der Waals surface area contributed by atoms with Gasteiger partial charge in [-0.3, -0.25) is 0 Å². The lowest BCUT2D eigenvalue weighted by atomic mass is 10.0. The zero-order valence-electron chi connectivity index (χ0n) is 10.9. The van der Waals surface area contributed by atoms with Crippen molar-refractivity contribution in [3.05, 3.63) is 0 Å². The predicted octanol–water partition coefficient (Wildman–Crippen LogP) is 2.00. The summed E-state index contributed by atoms with van der Waals surface area (Å²) in [5.41, 5.74) is 0.150. The van der Waals surface area contributed by atoms with Gasteiger partial charge in [-0.25, -0.2) is 4.79 Å². The molecular weight excluding hydrogens is 204 g/mol. The molecule has 0 aromatic rings. The predicted molar refractivity (Wildman–Crippen MR) is 64.5 cm³/mol. The Morgan fingerprint density at radius 3 is 2.38 bits per heavy atom. The van der Waals surface area contributed by atoms with Crippen molar-refractivity contribution >= 4 is 6.09 Å². The van der Waals surface area contributed by atoms with Crippen LogP contribution in [0.15, 0.2) is 0 Å². The Kier molecular flexibility index (Phi) is 4.59. The molecule has 1 rings (SSSR count). The number of carbonyl (C=O) groups is 1. The van der Waals surface area contributed by atoms with Crippen LogP contribution < -0.4 is 5.32 Å². The van der Waals surface area contributed by atoms with Crippen LogP contribution in [0.3, 0.4) is 0 Å². The van der Waals surface area contributed by atoms with Crippen LogP contribution in [0.25, 0.3) is 0 Å². The van der Waals surface area contributed by atoms with Gasteiger partial charge in [0.25, 0.3) is 0 Å². The van der Waals surface area contributed by atoms with Gasteiger partial charge in [0.05, 0.1) is 6.61 Å². The smallest absolute Gasteiger partial charge is 0.409 e. The Morgan fingerprint density at radius 2 is 1.94 bits per heavy atom. The largest absolute Gasteiger partial charge is 0.450 e. The number of carbonyl (C=O) groups excluding carboxylic acids is 1. The Labute approximate surface area is 98.3 Å². The minimum Gasteiger partial charge on any atom is -0.450 e. The van der Waals surface area contributed by atoms with E-state index >= 15 is 0 Å². The molecule has 0 aromatic carbocycles. The fourth-order valence-electron chi connectivity index (χ4n) is 2.03. The van der Waals surface area contributed by atoms with Crippen molar-refractivity contribution in [2.75, 3.05) is 19.7 Å². The van der Waals surface area contributed by atoms with Gasteiger partial charge in [-0.2, -0.15) is 0 Å². The number of rotatable bonds is 2. The highest BCUT2D eigenvalue weighted by molar-refractivity contribution is 5.67. The Morgan fingerprint density at radius 1 is 1.38 bits per heavy atom. The van der Waals surface area contributed by atoms with Crippen LogP contribution in [-0.2, 0) is 4.74 Å². The Hall–Kier alpha value is -0.770. The number of nitrogens with one attached hydrogen (secondary N) is 1. The average molecular weight is 228 g/mol. The maximum atomic E-state index is 11.5. The number of hydrogen-bond donors (Lipinski definition) is 1. The molecule has 0 radical (unpaired) electrons. The van der Waals surface area contributed by atoms with Gasteiger partial charge in [-0.05, 0) is 40.5 Å². The Balaban J connectivity index is 2.31. The molecule has 0 unspecified atom stereocenters. The second kappa shape index (κ2) is 5.53. The molecular formula is C12H24N2O2. The van der Waals surface area contributed by atoms with Gasteiger partial charge in [0.1, 0.15) is 0 Å². The molecule has 0 spiro atoms. The fourth-order valence-corrected chi connectivity index (χ4v) is 2.03. The highest BCUT2D eigenvalue weighted by atomic mass is 16.6. The second-order valence-corrected chi connectivity index (χ2v) is 5.35. The SMILES string of the molecule is CCOC(=O)N1CCC(NC(C)(C)C)CC1. The zero-order chi connectivity index (χ0) is 12.2. The van der Waals surface area contributed by atoms with Crippen LogP contribution >= 0.6 is 0 Å². The number of ether oxygens (including phenoxy) is 1. The highest BCUT2D eigenvalue weighted by Gasteiger charge is 2.25. The van der Waals surface area contributed by atoms with Crippen LogP contribution in [0.4, 0.5) is 4.79 Å². The monoisotopic (exact) mass is 228 g/mol. The number of hydrogen-bond acceptors (Lipinski definition) is 3. The molecule has 0 aromatic heterocycles. The molecule has 16 heavy (non-hydrogen) atoms. The Bertz CT molecular complexity index is 228. The highest BCUT2D eigenvalue weighted by Crippen LogP contribution is 2.14. The lowest BCUT2D eigenvalue weighted by Gasteiger charge is -2.35. The normalized spacial score (nSPS) is 18.6. The number of amides is 1. The summed E-state index contributed by atoms with van der Waals surface area (Å²) >= 11 is 0.